The molecule has 0 aromatic heterocycles. The largest absolute Gasteiger partial charge is 0.393 e. The van der Waals surface area contributed by atoms with Crippen molar-refractivity contribution in [3.05, 3.63) is 58.6 Å². The highest BCUT2D eigenvalue weighted by atomic mass is 35.5. The third-order valence-electron chi connectivity index (χ3n) is 4.43. The van der Waals surface area contributed by atoms with Gasteiger partial charge in [0.2, 0.25) is 10.0 Å². The highest BCUT2D eigenvalue weighted by Gasteiger charge is 2.29. The fourth-order valence-corrected chi connectivity index (χ4v) is 4.61. The molecule has 1 aliphatic rings. The quantitative estimate of drug-likeness (QED) is 0.674. The molecule has 1 fully saturated rings. The summed E-state index contributed by atoms with van der Waals surface area (Å²) in [4.78, 5) is -0.444. The summed E-state index contributed by atoms with van der Waals surface area (Å²) in [5.74, 6) is -1.39. The molecule has 2 atom stereocenters. The first kappa shape index (κ1) is 20.0. The van der Waals surface area contributed by atoms with E-state index < -0.39 is 38.7 Å². The van der Waals surface area contributed by atoms with E-state index in [0.717, 1.165) is 6.07 Å². The third-order valence-corrected chi connectivity index (χ3v) is 6.25. The Balaban J connectivity index is 1.74. The van der Waals surface area contributed by atoms with E-state index >= 15 is 0 Å². The van der Waals surface area contributed by atoms with Gasteiger partial charge in [0.05, 0.1) is 11.1 Å². The van der Waals surface area contributed by atoms with Gasteiger partial charge in [0.1, 0.15) is 16.5 Å². The molecule has 0 saturated heterocycles. The van der Waals surface area contributed by atoms with Gasteiger partial charge in [-0.1, -0.05) is 17.7 Å². The maximum atomic E-state index is 14.1. The molecule has 27 heavy (non-hydrogen) atoms. The average molecular weight is 417 g/mol. The Hall–Kier alpha value is -1.74. The van der Waals surface area contributed by atoms with Crippen molar-refractivity contribution < 1.29 is 22.3 Å². The van der Waals surface area contributed by atoms with Gasteiger partial charge < -0.3 is 10.4 Å². The molecule has 0 aliphatic heterocycles. The minimum atomic E-state index is -4.05. The van der Waals surface area contributed by atoms with E-state index in [4.69, 9.17) is 11.6 Å². The monoisotopic (exact) mass is 416 g/mol. The van der Waals surface area contributed by atoms with Crippen LogP contribution < -0.4 is 10.0 Å². The van der Waals surface area contributed by atoms with Crippen molar-refractivity contribution in [3.63, 3.8) is 0 Å². The smallest absolute Gasteiger partial charge is 0.243 e. The van der Waals surface area contributed by atoms with E-state index in [1.807, 2.05) is 0 Å². The molecule has 1 aliphatic carbocycles. The molecule has 9 heteroatoms. The van der Waals surface area contributed by atoms with E-state index in [0.29, 0.717) is 30.5 Å². The van der Waals surface area contributed by atoms with Gasteiger partial charge in [-0.3, -0.25) is 0 Å². The Morgan fingerprint density at radius 3 is 2.52 bits per heavy atom. The summed E-state index contributed by atoms with van der Waals surface area (Å²) in [6, 6.07) is 7.51. The van der Waals surface area contributed by atoms with Crippen molar-refractivity contribution >= 4 is 27.3 Å². The molecule has 1 saturated carbocycles. The molecular weight excluding hydrogens is 398 g/mol. The molecule has 0 amide bonds. The molecule has 0 heterocycles. The van der Waals surface area contributed by atoms with E-state index in [1.54, 1.807) is 0 Å². The van der Waals surface area contributed by atoms with Gasteiger partial charge in [0.25, 0.3) is 0 Å². The van der Waals surface area contributed by atoms with Crippen LogP contribution >= 0.6 is 11.6 Å². The summed E-state index contributed by atoms with van der Waals surface area (Å²) in [6.07, 6.45) is 0.794. The Morgan fingerprint density at radius 2 is 1.85 bits per heavy atom. The Labute approximate surface area is 161 Å². The summed E-state index contributed by atoms with van der Waals surface area (Å²) in [5.41, 5.74) is 1.08. The summed E-state index contributed by atoms with van der Waals surface area (Å²) < 4.78 is 54.8. The van der Waals surface area contributed by atoms with Crippen LogP contribution in [0.2, 0.25) is 5.02 Å². The highest BCUT2D eigenvalue weighted by Crippen LogP contribution is 2.24. The SMILES string of the molecule is O=S(=O)(NC1CCC(O)C1)c1cc(CNc2ccc(F)c(Cl)c2)ccc1F. The number of aliphatic hydroxyl groups excluding tert-OH is 1. The summed E-state index contributed by atoms with van der Waals surface area (Å²) in [5, 5.41) is 12.5. The first-order valence-corrected chi connectivity index (χ1v) is 10.3. The molecule has 2 unspecified atom stereocenters. The third kappa shape index (κ3) is 4.95. The van der Waals surface area contributed by atoms with Gasteiger partial charge in [-0.25, -0.2) is 21.9 Å². The molecule has 2 aromatic rings. The lowest BCUT2D eigenvalue weighted by Gasteiger charge is -2.14. The minimum Gasteiger partial charge on any atom is -0.393 e. The van der Waals surface area contributed by atoms with E-state index in [2.05, 4.69) is 10.0 Å². The number of sulfonamides is 1. The number of anilines is 1. The second kappa shape index (κ2) is 8.10. The van der Waals surface area contributed by atoms with Crippen LogP contribution in [0.5, 0.6) is 0 Å². The predicted molar refractivity (Wildman–Crippen MR) is 99.1 cm³/mol. The van der Waals surface area contributed by atoms with Crippen LogP contribution in [0.1, 0.15) is 24.8 Å². The lowest BCUT2D eigenvalue weighted by atomic mass is 10.2. The number of benzene rings is 2. The Bertz CT molecular complexity index is 940. The van der Waals surface area contributed by atoms with Gasteiger partial charge in [-0.15, -0.1) is 0 Å². The van der Waals surface area contributed by atoms with Crippen molar-refractivity contribution in [3.8, 4) is 0 Å². The summed E-state index contributed by atoms with van der Waals surface area (Å²) in [7, 11) is -4.05. The van der Waals surface area contributed by atoms with Gasteiger partial charge in [0, 0.05) is 18.3 Å². The predicted octanol–water partition coefficient (Wildman–Crippen LogP) is 3.42. The normalized spacial score (nSPS) is 20.0. The van der Waals surface area contributed by atoms with Crippen molar-refractivity contribution in [2.45, 2.75) is 42.8 Å². The van der Waals surface area contributed by atoms with Crippen LogP contribution in [0.3, 0.4) is 0 Å². The standard InChI is InChI=1S/C18H19ClF2N2O3S/c19-15-9-12(3-6-16(15)20)22-10-11-1-5-17(21)18(7-11)27(25,26)23-13-2-4-14(24)8-13/h1,3,5-7,9,13-14,22-24H,2,4,8,10H2. The van der Waals surface area contributed by atoms with Crippen LogP contribution in [0, 0.1) is 11.6 Å². The summed E-state index contributed by atoms with van der Waals surface area (Å²) in [6.45, 7) is 0.201. The molecule has 0 radical (unpaired) electrons. The van der Waals surface area contributed by atoms with Gasteiger partial charge >= 0.3 is 0 Å². The zero-order valence-corrected chi connectivity index (χ0v) is 15.8. The first-order chi connectivity index (χ1) is 12.7. The molecule has 5 nitrogen and oxygen atoms in total. The molecular formula is C18H19ClF2N2O3S. The van der Waals surface area contributed by atoms with Gasteiger partial charge in [-0.2, -0.15) is 0 Å². The van der Waals surface area contributed by atoms with E-state index in [-0.39, 0.29) is 11.6 Å². The number of nitrogens with one attached hydrogen (secondary N) is 2. The summed E-state index contributed by atoms with van der Waals surface area (Å²) >= 11 is 5.72. The second-order valence-electron chi connectivity index (χ2n) is 6.53. The zero-order chi connectivity index (χ0) is 19.6. The molecule has 146 valence electrons. The fourth-order valence-electron chi connectivity index (χ4n) is 3.02. The molecule has 0 bridgehead atoms. The lowest BCUT2D eigenvalue weighted by Crippen LogP contribution is -2.33. The average Bonchev–Trinajstić information content (AvgIpc) is 3.01. The molecule has 3 rings (SSSR count). The fraction of sp³-hybridized carbons (Fsp3) is 0.333. The molecule has 0 spiro atoms. The maximum absolute atomic E-state index is 14.1. The number of hydrogen-bond donors (Lipinski definition) is 3. The van der Waals surface area contributed by atoms with Crippen molar-refractivity contribution in [1.29, 1.82) is 0 Å². The first-order valence-electron chi connectivity index (χ1n) is 8.42. The number of hydrogen-bond acceptors (Lipinski definition) is 4. The van der Waals surface area contributed by atoms with Crippen molar-refractivity contribution in [1.82, 2.24) is 4.72 Å². The lowest BCUT2D eigenvalue weighted by molar-refractivity contribution is 0.181. The van der Waals surface area contributed by atoms with Crippen molar-refractivity contribution in [2.24, 2.45) is 0 Å². The van der Waals surface area contributed by atoms with Crippen molar-refractivity contribution in [2.75, 3.05) is 5.32 Å². The number of rotatable bonds is 6. The molecule has 3 N–H and O–H groups in total. The van der Waals surface area contributed by atoms with Gasteiger partial charge in [-0.05, 0) is 55.2 Å². The van der Waals surface area contributed by atoms with E-state index in [1.165, 1.54) is 30.3 Å². The van der Waals surface area contributed by atoms with Crippen LogP contribution in [0.15, 0.2) is 41.3 Å². The topological polar surface area (TPSA) is 78.4 Å². The number of aliphatic hydroxyl groups is 1. The zero-order valence-electron chi connectivity index (χ0n) is 14.3. The van der Waals surface area contributed by atoms with Crippen LogP contribution in [0.4, 0.5) is 14.5 Å². The Kier molecular flexibility index (Phi) is 6.00. The second-order valence-corrected chi connectivity index (χ2v) is 8.62. The van der Waals surface area contributed by atoms with Crippen LogP contribution in [-0.2, 0) is 16.6 Å². The minimum absolute atomic E-state index is 0.0367. The van der Waals surface area contributed by atoms with E-state index in [9.17, 15) is 22.3 Å². The van der Waals surface area contributed by atoms with Crippen LogP contribution in [0.25, 0.3) is 0 Å². The number of halogens is 3. The molecule has 2 aromatic carbocycles. The Morgan fingerprint density at radius 1 is 1.11 bits per heavy atom. The van der Waals surface area contributed by atoms with Gasteiger partial charge in [0.15, 0.2) is 0 Å². The highest BCUT2D eigenvalue weighted by molar-refractivity contribution is 7.89. The maximum Gasteiger partial charge on any atom is 0.243 e. The van der Waals surface area contributed by atoms with Crippen LogP contribution in [-0.4, -0.2) is 25.7 Å².